The molecule has 0 spiro atoms. The molecule has 4 nitrogen and oxygen atoms in total. The molecule has 0 saturated heterocycles. The number of hydrogen-bond acceptors (Lipinski definition) is 3. The Morgan fingerprint density at radius 2 is 1.67 bits per heavy atom. The fourth-order valence-corrected chi connectivity index (χ4v) is 4.76. The number of methoxy groups -OCH3 is 1. The molecule has 0 aliphatic carbocycles. The minimum absolute atomic E-state index is 0.0788. The normalized spacial score (nSPS) is 11.2. The summed E-state index contributed by atoms with van der Waals surface area (Å²) >= 11 is 6.19. The Kier molecular flexibility index (Phi) is 5.73. The van der Waals surface area contributed by atoms with E-state index in [2.05, 4.69) is 0 Å². The molecule has 0 aromatic heterocycles. The van der Waals surface area contributed by atoms with Crippen molar-refractivity contribution in [3.63, 3.8) is 0 Å². The topological polar surface area (TPSA) is 46.6 Å². The van der Waals surface area contributed by atoms with Crippen molar-refractivity contribution < 1.29 is 13.2 Å². The summed E-state index contributed by atoms with van der Waals surface area (Å²) in [5.74, 6) is 0.657. The van der Waals surface area contributed by atoms with Gasteiger partial charge in [-0.15, -0.1) is 0 Å². The van der Waals surface area contributed by atoms with Crippen LogP contribution < -0.4 is 9.04 Å². The Balaban J connectivity index is 2.10. The number of hydrogen-bond donors (Lipinski definition) is 0. The van der Waals surface area contributed by atoms with Gasteiger partial charge in [0.15, 0.2) is 0 Å². The van der Waals surface area contributed by atoms with E-state index in [1.54, 1.807) is 49.6 Å². The van der Waals surface area contributed by atoms with Gasteiger partial charge in [-0.3, -0.25) is 4.31 Å². The molecule has 0 atom stereocenters. The lowest BCUT2D eigenvalue weighted by Crippen LogP contribution is -2.30. The summed E-state index contributed by atoms with van der Waals surface area (Å²) in [6.07, 6.45) is 0. The Hall–Kier alpha value is -2.50. The minimum atomic E-state index is -3.85. The number of nitrogens with zero attached hydrogens (tertiary/aromatic N) is 1. The molecule has 6 heteroatoms. The molecule has 3 aromatic carbocycles. The second kappa shape index (κ2) is 8.03. The molecule has 0 N–H and O–H groups in total. The van der Waals surface area contributed by atoms with E-state index in [1.807, 2.05) is 31.2 Å². The van der Waals surface area contributed by atoms with Crippen LogP contribution >= 0.6 is 11.6 Å². The van der Waals surface area contributed by atoms with E-state index >= 15 is 0 Å². The van der Waals surface area contributed by atoms with E-state index in [0.717, 1.165) is 11.1 Å². The Labute approximate surface area is 165 Å². The van der Waals surface area contributed by atoms with Crippen LogP contribution in [-0.4, -0.2) is 15.5 Å². The molecule has 0 fully saturated rings. The maximum Gasteiger partial charge on any atom is 0.266 e. The lowest BCUT2D eigenvalue weighted by Gasteiger charge is -2.25. The highest BCUT2D eigenvalue weighted by molar-refractivity contribution is 7.93. The van der Waals surface area contributed by atoms with Gasteiger partial charge in [-0.25, -0.2) is 8.42 Å². The summed E-state index contributed by atoms with van der Waals surface area (Å²) in [4.78, 5) is 0.0788. The number of anilines is 1. The Bertz CT molecular complexity index is 1030. The molecular formula is C21H20ClNO3S. The first kappa shape index (κ1) is 19.3. The van der Waals surface area contributed by atoms with Gasteiger partial charge in [0.05, 0.1) is 24.4 Å². The van der Waals surface area contributed by atoms with E-state index in [1.165, 1.54) is 10.4 Å². The van der Waals surface area contributed by atoms with E-state index in [9.17, 15) is 8.42 Å². The van der Waals surface area contributed by atoms with Crippen molar-refractivity contribution in [1.29, 1.82) is 0 Å². The van der Waals surface area contributed by atoms with E-state index in [4.69, 9.17) is 16.3 Å². The van der Waals surface area contributed by atoms with Gasteiger partial charge < -0.3 is 4.74 Å². The second-order valence-corrected chi connectivity index (χ2v) is 8.37. The van der Waals surface area contributed by atoms with Crippen LogP contribution in [0.5, 0.6) is 5.75 Å². The quantitative estimate of drug-likeness (QED) is 0.580. The summed E-state index contributed by atoms with van der Waals surface area (Å²) in [6, 6.07) is 21.2. The smallest absolute Gasteiger partial charge is 0.266 e. The molecule has 3 aromatic rings. The van der Waals surface area contributed by atoms with Gasteiger partial charge in [-0.1, -0.05) is 53.6 Å². The fourth-order valence-electron chi connectivity index (χ4n) is 2.81. The van der Waals surface area contributed by atoms with Crippen LogP contribution in [0, 0.1) is 6.92 Å². The summed E-state index contributed by atoms with van der Waals surface area (Å²) < 4.78 is 33.4. The standard InChI is InChI=1S/C21H20ClNO3S/c1-16-6-5-7-17(14-16)15-23(18-10-12-19(26-2)13-11-18)27(24,25)21-9-4-3-8-20(21)22/h3-14H,15H2,1-2H3. The SMILES string of the molecule is COc1ccc(N(Cc2cccc(C)c2)S(=O)(=O)c2ccccc2Cl)cc1. The van der Waals surface area contributed by atoms with Crippen molar-refractivity contribution in [3.05, 3.63) is 88.9 Å². The predicted octanol–water partition coefficient (Wildman–Crippen LogP) is 5.05. The zero-order valence-electron chi connectivity index (χ0n) is 15.1. The summed E-state index contributed by atoms with van der Waals surface area (Å²) in [7, 11) is -2.29. The first-order chi connectivity index (χ1) is 12.9. The second-order valence-electron chi connectivity index (χ2n) is 6.13. The molecule has 3 rings (SSSR count). The van der Waals surface area contributed by atoms with Crippen molar-refractivity contribution in [2.24, 2.45) is 0 Å². The molecule has 0 amide bonds. The zero-order valence-corrected chi connectivity index (χ0v) is 16.7. The van der Waals surface area contributed by atoms with Gasteiger partial charge >= 0.3 is 0 Å². The molecular weight excluding hydrogens is 382 g/mol. The number of benzene rings is 3. The third kappa shape index (κ3) is 4.26. The number of sulfonamides is 1. The largest absolute Gasteiger partial charge is 0.497 e. The molecule has 0 radical (unpaired) electrons. The van der Waals surface area contributed by atoms with E-state index < -0.39 is 10.0 Å². The molecule has 0 heterocycles. The predicted molar refractivity (Wildman–Crippen MR) is 109 cm³/mol. The van der Waals surface area contributed by atoms with Crippen LogP contribution in [0.25, 0.3) is 0 Å². The molecule has 0 aliphatic rings. The van der Waals surface area contributed by atoms with Crippen molar-refractivity contribution in [2.75, 3.05) is 11.4 Å². The van der Waals surface area contributed by atoms with Crippen molar-refractivity contribution >= 4 is 27.3 Å². The van der Waals surface area contributed by atoms with Gasteiger partial charge in [0.1, 0.15) is 10.6 Å². The highest BCUT2D eigenvalue weighted by Crippen LogP contribution is 2.31. The molecule has 0 bridgehead atoms. The van der Waals surface area contributed by atoms with Gasteiger partial charge in [0.2, 0.25) is 0 Å². The minimum Gasteiger partial charge on any atom is -0.497 e. The zero-order chi connectivity index (χ0) is 19.4. The van der Waals surface area contributed by atoms with Crippen LogP contribution in [0.4, 0.5) is 5.69 Å². The monoisotopic (exact) mass is 401 g/mol. The van der Waals surface area contributed by atoms with Crippen LogP contribution in [0.1, 0.15) is 11.1 Å². The molecule has 0 aliphatic heterocycles. The lowest BCUT2D eigenvalue weighted by atomic mass is 10.1. The van der Waals surface area contributed by atoms with Gasteiger partial charge in [0, 0.05) is 0 Å². The van der Waals surface area contributed by atoms with Gasteiger partial charge in [-0.05, 0) is 48.9 Å². The molecule has 140 valence electrons. The maximum atomic E-state index is 13.4. The lowest BCUT2D eigenvalue weighted by molar-refractivity contribution is 0.415. The highest BCUT2D eigenvalue weighted by Gasteiger charge is 2.27. The highest BCUT2D eigenvalue weighted by atomic mass is 35.5. The Morgan fingerprint density at radius 1 is 0.963 bits per heavy atom. The van der Waals surface area contributed by atoms with Crippen LogP contribution in [0.3, 0.4) is 0 Å². The van der Waals surface area contributed by atoms with Crippen molar-refractivity contribution in [3.8, 4) is 5.75 Å². The van der Waals surface area contributed by atoms with Gasteiger partial charge in [0.25, 0.3) is 10.0 Å². The molecule has 0 unspecified atom stereocenters. The van der Waals surface area contributed by atoms with Crippen LogP contribution in [-0.2, 0) is 16.6 Å². The summed E-state index contributed by atoms with van der Waals surface area (Å²) in [5.41, 5.74) is 2.50. The van der Waals surface area contributed by atoms with Crippen LogP contribution in [0.2, 0.25) is 5.02 Å². The first-order valence-electron chi connectivity index (χ1n) is 8.38. The van der Waals surface area contributed by atoms with Crippen molar-refractivity contribution in [1.82, 2.24) is 0 Å². The van der Waals surface area contributed by atoms with Crippen molar-refractivity contribution in [2.45, 2.75) is 18.4 Å². The number of aryl methyl sites for hydroxylation is 1. The van der Waals surface area contributed by atoms with E-state index in [-0.39, 0.29) is 16.5 Å². The van der Waals surface area contributed by atoms with E-state index in [0.29, 0.717) is 11.4 Å². The third-order valence-corrected chi connectivity index (χ3v) is 6.45. The van der Waals surface area contributed by atoms with Gasteiger partial charge in [-0.2, -0.15) is 0 Å². The maximum absolute atomic E-state index is 13.4. The molecule has 0 saturated carbocycles. The summed E-state index contributed by atoms with van der Waals surface area (Å²) in [5, 5.41) is 0.195. The number of halogens is 1. The number of rotatable bonds is 6. The number of ether oxygens (including phenoxy) is 1. The molecule has 27 heavy (non-hydrogen) atoms. The third-order valence-electron chi connectivity index (χ3n) is 4.17. The van der Waals surface area contributed by atoms with Crippen LogP contribution in [0.15, 0.2) is 77.7 Å². The fraction of sp³-hybridized carbons (Fsp3) is 0.143. The average Bonchev–Trinajstić information content (AvgIpc) is 2.66. The summed E-state index contributed by atoms with van der Waals surface area (Å²) in [6.45, 7) is 2.17. The Morgan fingerprint density at radius 3 is 2.30 bits per heavy atom. The first-order valence-corrected chi connectivity index (χ1v) is 10.2. The average molecular weight is 402 g/mol.